The summed E-state index contributed by atoms with van der Waals surface area (Å²) in [5.41, 5.74) is 7.15. The molecule has 0 radical (unpaired) electrons. The van der Waals surface area contributed by atoms with E-state index in [2.05, 4.69) is 20.5 Å². The molecular weight excluding hydrogens is 258 g/mol. The van der Waals surface area contributed by atoms with Crippen LogP contribution in [0.5, 0.6) is 0 Å². The van der Waals surface area contributed by atoms with Crippen LogP contribution in [-0.2, 0) is 0 Å². The van der Waals surface area contributed by atoms with Crippen molar-refractivity contribution in [2.45, 2.75) is 0 Å². The van der Waals surface area contributed by atoms with Crippen LogP contribution in [-0.4, -0.2) is 21.1 Å². The number of amides is 1. The van der Waals surface area contributed by atoms with Gasteiger partial charge in [-0.25, -0.2) is 5.10 Å². The maximum Gasteiger partial charge on any atom is 0.273 e. The largest absolute Gasteiger partial charge is 0.397 e. The number of nitrogens with zero attached hydrogens (tertiary/aromatic N) is 1. The number of nitrogen functional groups attached to an aromatic ring is 1. The van der Waals surface area contributed by atoms with Gasteiger partial charge in [0, 0.05) is 11.5 Å². The maximum atomic E-state index is 12.1. The van der Waals surface area contributed by atoms with E-state index in [4.69, 9.17) is 5.73 Å². The molecule has 2 aromatic heterocycles. The van der Waals surface area contributed by atoms with Gasteiger partial charge < -0.3 is 16.0 Å². The Labute approximate surface area is 112 Å². The highest BCUT2D eigenvalue weighted by molar-refractivity contribution is 6.06. The highest BCUT2D eigenvalue weighted by Gasteiger charge is 2.11. The number of nitrogens with one attached hydrogen (secondary N) is 3. The van der Waals surface area contributed by atoms with Crippen LogP contribution in [0.25, 0.3) is 10.9 Å². The van der Waals surface area contributed by atoms with E-state index in [1.54, 1.807) is 12.1 Å². The van der Waals surface area contributed by atoms with E-state index in [0.717, 1.165) is 5.39 Å². The Balaban J connectivity index is 1.90. The average Bonchev–Trinajstić information content (AvgIpc) is 2.87. The Morgan fingerprint density at radius 1 is 1.25 bits per heavy atom. The molecule has 1 aromatic carbocycles. The van der Waals surface area contributed by atoms with E-state index in [9.17, 15) is 9.59 Å². The van der Waals surface area contributed by atoms with E-state index in [0.29, 0.717) is 16.9 Å². The standard InChI is InChI=1S/C13H11N5O2/c14-8-3-1-2-7-6-9(15-12(7)8)13(20)16-10-4-5-11(19)18-17-10/h1-6,15H,14H2,(H,18,19)(H,16,17,20). The van der Waals surface area contributed by atoms with Crippen LogP contribution < -0.4 is 16.6 Å². The normalized spacial score (nSPS) is 10.6. The number of anilines is 2. The lowest BCUT2D eigenvalue weighted by Gasteiger charge is -2.01. The molecule has 0 fully saturated rings. The number of para-hydroxylation sites is 1. The second kappa shape index (κ2) is 4.54. The molecular formula is C13H11N5O2. The number of carbonyl (C=O) groups is 1. The molecule has 20 heavy (non-hydrogen) atoms. The molecule has 0 atom stereocenters. The summed E-state index contributed by atoms with van der Waals surface area (Å²) in [6, 6.07) is 9.84. The zero-order valence-electron chi connectivity index (χ0n) is 10.3. The number of rotatable bonds is 2. The van der Waals surface area contributed by atoms with Crippen molar-refractivity contribution in [3.05, 3.63) is 52.4 Å². The summed E-state index contributed by atoms with van der Waals surface area (Å²) in [7, 11) is 0. The van der Waals surface area contributed by atoms with Crippen molar-refractivity contribution in [2.75, 3.05) is 11.1 Å². The number of carbonyl (C=O) groups excluding carboxylic acids is 1. The molecule has 0 saturated carbocycles. The summed E-state index contributed by atoms with van der Waals surface area (Å²) in [6.45, 7) is 0. The molecule has 3 rings (SSSR count). The van der Waals surface area contributed by atoms with Gasteiger partial charge in [0.1, 0.15) is 5.69 Å². The molecule has 0 aliphatic carbocycles. The first-order chi connectivity index (χ1) is 9.63. The van der Waals surface area contributed by atoms with E-state index < -0.39 is 0 Å². The molecule has 0 spiro atoms. The quantitative estimate of drug-likeness (QED) is 0.521. The van der Waals surface area contributed by atoms with Crippen molar-refractivity contribution in [3.8, 4) is 0 Å². The molecule has 5 N–H and O–H groups in total. The van der Waals surface area contributed by atoms with Gasteiger partial charge in [0.15, 0.2) is 5.82 Å². The summed E-state index contributed by atoms with van der Waals surface area (Å²) < 4.78 is 0. The smallest absolute Gasteiger partial charge is 0.273 e. The fourth-order valence-corrected chi connectivity index (χ4v) is 1.90. The van der Waals surface area contributed by atoms with Crippen LogP contribution in [0.3, 0.4) is 0 Å². The molecule has 0 aliphatic rings. The van der Waals surface area contributed by atoms with Crippen LogP contribution in [0.2, 0.25) is 0 Å². The summed E-state index contributed by atoms with van der Waals surface area (Å²) in [5.74, 6) is -0.0959. The minimum Gasteiger partial charge on any atom is -0.397 e. The monoisotopic (exact) mass is 269 g/mol. The number of benzene rings is 1. The Bertz CT molecular complexity index is 829. The maximum absolute atomic E-state index is 12.1. The van der Waals surface area contributed by atoms with Gasteiger partial charge in [0.2, 0.25) is 0 Å². The molecule has 0 bridgehead atoms. The fourth-order valence-electron chi connectivity index (χ4n) is 1.90. The van der Waals surface area contributed by atoms with Gasteiger partial charge >= 0.3 is 0 Å². The number of fused-ring (bicyclic) bond motifs is 1. The van der Waals surface area contributed by atoms with Crippen LogP contribution >= 0.6 is 0 Å². The predicted octanol–water partition coefficient (Wildman–Crippen LogP) is 1.09. The molecule has 2 heterocycles. The molecule has 3 aromatic rings. The van der Waals surface area contributed by atoms with Gasteiger partial charge in [-0.15, -0.1) is 0 Å². The Kier molecular flexibility index (Phi) is 2.72. The molecule has 7 heteroatoms. The fraction of sp³-hybridized carbons (Fsp3) is 0. The molecule has 0 unspecified atom stereocenters. The number of hydrogen-bond donors (Lipinski definition) is 4. The van der Waals surface area contributed by atoms with Gasteiger partial charge in [0.05, 0.1) is 11.2 Å². The number of aromatic nitrogens is 3. The lowest BCUT2D eigenvalue weighted by Crippen LogP contribution is -2.16. The third-order valence-electron chi connectivity index (χ3n) is 2.85. The van der Waals surface area contributed by atoms with Gasteiger partial charge in [-0.2, -0.15) is 5.10 Å². The molecule has 7 nitrogen and oxygen atoms in total. The number of nitrogens with two attached hydrogens (primary N) is 1. The summed E-state index contributed by atoms with van der Waals surface area (Å²) in [5, 5.41) is 9.37. The predicted molar refractivity (Wildman–Crippen MR) is 75.5 cm³/mol. The van der Waals surface area contributed by atoms with Gasteiger partial charge in [0.25, 0.3) is 11.5 Å². The van der Waals surface area contributed by atoms with Gasteiger partial charge in [-0.1, -0.05) is 12.1 Å². The number of hydrogen-bond acceptors (Lipinski definition) is 4. The van der Waals surface area contributed by atoms with Gasteiger partial charge in [-0.3, -0.25) is 9.59 Å². The average molecular weight is 269 g/mol. The van der Waals surface area contributed by atoms with Crippen LogP contribution in [0.15, 0.2) is 41.2 Å². The van der Waals surface area contributed by atoms with Crippen LogP contribution in [0.4, 0.5) is 11.5 Å². The first-order valence-electron chi connectivity index (χ1n) is 5.88. The number of aromatic amines is 2. The zero-order chi connectivity index (χ0) is 14.1. The van der Waals surface area contributed by atoms with Crippen molar-refractivity contribution in [1.29, 1.82) is 0 Å². The van der Waals surface area contributed by atoms with Crippen molar-refractivity contribution in [1.82, 2.24) is 15.2 Å². The first kappa shape index (κ1) is 12.0. The van der Waals surface area contributed by atoms with Crippen molar-refractivity contribution in [2.24, 2.45) is 0 Å². The SMILES string of the molecule is Nc1cccc2cc(C(=O)Nc3ccc(=O)[nH]n3)[nH]c12. The lowest BCUT2D eigenvalue weighted by atomic mass is 10.2. The van der Waals surface area contributed by atoms with Crippen molar-refractivity contribution in [3.63, 3.8) is 0 Å². The van der Waals surface area contributed by atoms with E-state index in [-0.39, 0.29) is 17.3 Å². The second-order valence-electron chi connectivity index (χ2n) is 4.26. The van der Waals surface area contributed by atoms with E-state index in [1.165, 1.54) is 12.1 Å². The Morgan fingerprint density at radius 3 is 2.80 bits per heavy atom. The van der Waals surface area contributed by atoms with Crippen molar-refractivity contribution >= 4 is 28.3 Å². The summed E-state index contributed by atoms with van der Waals surface area (Å²) in [6.07, 6.45) is 0. The summed E-state index contributed by atoms with van der Waals surface area (Å²) in [4.78, 5) is 25.9. The Hall–Kier alpha value is -3.09. The second-order valence-corrected chi connectivity index (χ2v) is 4.26. The van der Waals surface area contributed by atoms with Gasteiger partial charge in [-0.05, 0) is 18.2 Å². The summed E-state index contributed by atoms with van der Waals surface area (Å²) >= 11 is 0. The number of H-pyrrole nitrogens is 2. The molecule has 0 saturated heterocycles. The van der Waals surface area contributed by atoms with Crippen LogP contribution in [0, 0.1) is 0 Å². The zero-order valence-corrected chi connectivity index (χ0v) is 10.3. The van der Waals surface area contributed by atoms with E-state index >= 15 is 0 Å². The third kappa shape index (κ3) is 2.12. The minimum absolute atomic E-state index is 0.265. The molecule has 1 amide bonds. The topological polar surface area (TPSA) is 117 Å². The van der Waals surface area contributed by atoms with Crippen molar-refractivity contribution < 1.29 is 4.79 Å². The minimum atomic E-state index is -0.361. The van der Waals surface area contributed by atoms with E-state index in [1.807, 2.05) is 12.1 Å². The highest BCUT2D eigenvalue weighted by atomic mass is 16.2. The Morgan fingerprint density at radius 2 is 2.10 bits per heavy atom. The highest BCUT2D eigenvalue weighted by Crippen LogP contribution is 2.21. The first-order valence-corrected chi connectivity index (χ1v) is 5.88. The van der Waals surface area contributed by atoms with Crippen LogP contribution in [0.1, 0.15) is 10.5 Å². The molecule has 0 aliphatic heterocycles. The third-order valence-corrected chi connectivity index (χ3v) is 2.85. The molecule has 100 valence electrons. The lowest BCUT2D eigenvalue weighted by molar-refractivity contribution is 0.102.